The van der Waals surface area contributed by atoms with Crippen molar-refractivity contribution in [1.82, 2.24) is 0 Å². The Labute approximate surface area is 191 Å². The van der Waals surface area contributed by atoms with E-state index in [4.69, 9.17) is 21.1 Å². The van der Waals surface area contributed by atoms with Gasteiger partial charge in [0.1, 0.15) is 18.2 Å². The molecule has 0 radical (unpaired) electrons. The van der Waals surface area contributed by atoms with Gasteiger partial charge in [0.2, 0.25) is 5.90 Å². The maximum Gasteiger partial charge on any atom is 0.363 e. The smallest absolute Gasteiger partial charge is 0.363 e. The monoisotopic (exact) mass is 533 g/mol. The molecule has 3 aromatic rings. The Morgan fingerprint density at radius 1 is 1.07 bits per heavy atom. The van der Waals surface area contributed by atoms with Gasteiger partial charge in [-0.2, -0.15) is 0 Å². The topological polar surface area (TPSA) is 47.9 Å². The number of hydrogen-bond acceptors (Lipinski definition) is 4. The van der Waals surface area contributed by atoms with E-state index >= 15 is 0 Å². The Bertz CT molecular complexity index is 1160. The van der Waals surface area contributed by atoms with Crippen molar-refractivity contribution in [3.63, 3.8) is 0 Å². The zero-order chi connectivity index (χ0) is 21.1. The Balaban J connectivity index is 1.47. The molecule has 0 fully saturated rings. The van der Waals surface area contributed by atoms with Crippen molar-refractivity contribution in [2.24, 2.45) is 4.99 Å². The molecule has 0 saturated carbocycles. The van der Waals surface area contributed by atoms with Crippen LogP contribution in [0.25, 0.3) is 6.08 Å². The quantitative estimate of drug-likeness (QED) is 0.229. The third-order valence-electron chi connectivity index (χ3n) is 4.28. The predicted octanol–water partition coefficient (Wildman–Crippen LogP) is 6.01. The maximum atomic E-state index is 13.0. The summed E-state index contributed by atoms with van der Waals surface area (Å²) in [5, 5.41) is 0.464. The minimum Gasteiger partial charge on any atom is -0.489 e. The van der Waals surface area contributed by atoms with Gasteiger partial charge in [-0.1, -0.05) is 35.9 Å². The highest BCUT2D eigenvalue weighted by atomic mass is 127. The molecule has 0 saturated heterocycles. The molecule has 0 atom stereocenters. The number of cyclic esters (lactones) is 1. The summed E-state index contributed by atoms with van der Waals surface area (Å²) in [7, 11) is 0. The van der Waals surface area contributed by atoms with Crippen molar-refractivity contribution in [2.75, 3.05) is 0 Å². The van der Waals surface area contributed by atoms with Crippen molar-refractivity contribution in [3.05, 3.63) is 104 Å². The van der Waals surface area contributed by atoms with Gasteiger partial charge in [0.05, 0.1) is 10.6 Å². The second-order valence-corrected chi connectivity index (χ2v) is 8.10. The first-order valence-electron chi connectivity index (χ1n) is 8.93. The third-order valence-corrected chi connectivity index (χ3v) is 5.28. The van der Waals surface area contributed by atoms with Gasteiger partial charge in [-0.25, -0.2) is 14.2 Å². The van der Waals surface area contributed by atoms with Crippen LogP contribution in [-0.4, -0.2) is 11.9 Å². The number of benzene rings is 3. The summed E-state index contributed by atoms with van der Waals surface area (Å²) < 4.78 is 24.9. The molecule has 150 valence electrons. The second kappa shape index (κ2) is 8.97. The minimum absolute atomic E-state index is 0.189. The number of esters is 1. The number of hydrogen-bond donors (Lipinski definition) is 0. The van der Waals surface area contributed by atoms with E-state index in [1.807, 2.05) is 24.3 Å². The fraction of sp³-hybridized carbons (Fsp3) is 0.0435. The fourth-order valence-corrected chi connectivity index (χ4v) is 3.44. The Hall–Kier alpha value is -2.71. The molecule has 0 aromatic heterocycles. The van der Waals surface area contributed by atoms with Gasteiger partial charge in [0.25, 0.3) is 0 Å². The van der Waals surface area contributed by atoms with Crippen LogP contribution in [0.1, 0.15) is 16.7 Å². The highest BCUT2D eigenvalue weighted by molar-refractivity contribution is 14.1. The largest absolute Gasteiger partial charge is 0.489 e. The molecule has 0 unspecified atom stereocenters. The van der Waals surface area contributed by atoms with Gasteiger partial charge in [-0.3, -0.25) is 0 Å². The molecule has 4 nitrogen and oxygen atoms in total. The van der Waals surface area contributed by atoms with E-state index in [2.05, 4.69) is 27.6 Å². The first-order valence-corrected chi connectivity index (χ1v) is 10.4. The summed E-state index contributed by atoms with van der Waals surface area (Å²) in [6, 6.07) is 18.8. The van der Waals surface area contributed by atoms with Crippen molar-refractivity contribution in [1.29, 1.82) is 0 Å². The fourth-order valence-electron chi connectivity index (χ4n) is 2.75. The molecule has 1 aliphatic heterocycles. The molecule has 0 spiro atoms. The first kappa shape index (κ1) is 20.6. The molecule has 30 heavy (non-hydrogen) atoms. The molecular weight excluding hydrogens is 520 g/mol. The van der Waals surface area contributed by atoms with Gasteiger partial charge in [0, 0.05) is 3.57 Å². The van der Waals surface area contributed by atoms with Crippen LogP contribution in [0.2, 0.25) is 5.02 Å². The first-order chi connectivity index (χ1) is 14.5. The van der Waals surface area contributed by atoms with E-state index in [-0.39, 0.29) is 17.4 Å². The van der Waals surface area contributed by atoms with Crippen molar-refractivity contribution >= 4 is 52.1 Å². The molecule has 4 rings (SSSR count). The zero-order valence-electron chi connectivity index (χ0n) is 15.4. The molecule has 7 heteroatoms. The van der Waals surface area contributed by atoms with Gasteiger partial charge >= 0.3 is 5.97 Å². The van der Waals surface area contributed by atoms with E-state index < -0.39 is 5.97 Å². The molecule has 1 aliphatic rings. The maximum absolute atomic E-state index is 13.0. The van der Waals surface area contributed by atoms with Crippen molar-refractivity contribution < 1.29 is 18.7 Å². The lowest BCUT2D eigenvalue weighted by atomic mass is 10.2. The summed E-state index contributed by atoms with van der Waals surface area (Å²) in [5.74, 6) is 0.0348. The van der Waals surface area contributed by atoms with Crippen LogP contribution in [0.5, 0.6) is 5.75 Å². The van der Waals surface area contributed by atoms with Gasteiger partial charge in [0.15, 0.2) is 5.70 Å². The van der Waals surface area contributed by atoms with E-state index in [0.29, 0.717) is 22.9 Å². The number of ether oxygens (including phenoxy) is 2. The normalized spacial score (nSPS) is 14.6. The lowest BCUT2D eigenvalue weighted by Crippen LogP contribution is -2.06. The van der Waals surface area contributed by atoms with E-state index in [1.165, 1.54) is 12.1 Å². The molecule has 0 aliphatic carbocycles. The van der Waals surface area contributed by atoms with E-state index in [0.717, 1.165) is 14.7 Å². The van der Waals surface area contributed by atoms with E-state index in [1.54, 1.807) is 36.4 Å². The average Bonchev–Trinajstić information content (AvgIpc) is 3.10. The number of halogens is 3. The second-order valence-electron chi connectivity index (χ2n) is 6.44. The Kier molecular flexibility index (Phi) is 6.15. The number of carbonyl (C=O) groups excluding carboxylic acids is 1. The van der Waals surface area contributed by atoms with Crippen LogP contribution in [0.3, 0.4) is 0 Å². The molecule has 0 N–H and O–H groups in total. The molecule has 1 heterocycles. The summed E-state index contributed by atoms with van der Waals surface area (Å²) in [4.78, 5) is 16.5. The summed E-state index contributed by atoms with van der Waals surface area (Å²) in [6.07, 6.45) is 1.64. The summed E-state index contributed by atoms with van der Waals surface area (Å²) >= 11 is 8.36. The van der Waals surface area contributed by atoms with Crippen molar-refractivity contribution in [3.8, 4) is 5.75 Å². The molecule has 0 bridgehead atoms. The van der Waals surface area contributed by atoms with Crippen molar-refractivity contribution in [2.45, 2.75) is 6.61 Å². The Morgan fingerprint density at radius 2 is 1.80 bits per heavy atom. The zero-order valence-corrected chi connectivity index (χ0v) is 18.4. The minimum atomic E-state index is -0.531. The summed E-state index contributed by atoms with van der Waals surface area (Å²) in [6.45, 7) is 0.331. The van der Waals surface area contributed by atoms with Crippen LogP contribution in [0.15, 0.2) is 77.4 Å². The standard InChI is InChI=1S/C23H14ClFINO3/c24-20-10-7-17(26)12-19(20)22-27-21(23(28)30-22)11-14-3-8-18(9-4-14)29-13-15-1-5-16(25)6-2-15/h1-12H,13H2/b21-11-. The summed E-state index contributed by atoms with van der Waals surface area (Å²) in [5.41, 5.74) is 2.41. The predicted molar refractivity (Wildman–Crippen MR) is 122 cm³/mol. The van der Waals surface area contributed by atoms with Crippen LogP contribution in [0.4, 0.5) is 4.39 Å². The van der Waals surface area contributed by atoms with Gasteiger partial charge < -0.3 is 9.47 Å². The number of carbonyl (C=O) groups is 1. The number of rotatable bonds is 5. The lowest BCUT2D eigenvalue weighted by Gasteiger charge is -2.06. The molecule has 0 amide bonds. The van der Waals surface area contributed by atoms with Crippen LogP contribution in [-0.2, 0) is 16.1 Å². The molecule has 3 aromatic carbocycles. The van der Waals surface area contributed by atoms with E-state index in [9.17, 15) is 9.18 Å². The Morgan fingerprint density at radius 3 is 2.53 bits per heavy atom. The van der Waals surface area contributed by atoms with Gasteiger partial charge in [-0.15, -0.1) is 0 Å². The average molecular weight is 534 g/mol. The number of nitrogens with zero attached hydrogens (tertiary/aromatic N) is 1. The van der Waals surface area contributed by atoms with Crippen LogP contribution < -0.4 is 4.74 Å². The SMILES string of the molecule is O=C1OC(c2cc(I)ccc2Cl)=N/C1=C\c1ccc(OCc2ccc(F)cc2)cc1. The van der Waals surface area contributed by atoms with Crippen LogP contribution >= 0.6 is 34.2 Å². The lowest BCUT2D eigenvalue weighted by molar-refractivity contribution is -0.129. The molecular formula is C23H14ClFINO3. The highest BCUT2D eigenvalue weighted by Crippen LogP contribution is 2.26. The number of aliphatic imine (C=N–C) groups is 1. The third kappa shape index (κ3) is 4.88. The van der Waals surface area contributed by atoms with Gasteiger partial charge in [-0.05, 0) is 82.3 Å². The van der Waals surface area contributed by atoms with Crippen LogP contribution in [0, 0.1) is 9.39 Å². The highest BCUT2D eigenvalue weighted by Gasteiger charge is 2.25.